The first-order valence-electron chi connectivity index (χ1n) is 9.58. The van der Waals surface area contributed by atoms with Gasteiger partial charge in [0.2, 0.25) is 0 Å². The Hall–Kier alpha value is -3.76. The second-order valence-electron chi connectivity index (χ2n) is 7.34. The summed E-state index contributed by atoms with van der Waals surface area (Å²) in [5.74, 6) is -3.18. The van der Waals surface area contributed by atoms with E-state index in [0.29, 0.717) is 22.4 Å². The fourth-order valence-electron chi connectivity index (χ4n) is 3.60. The molecule has 0 saturated carbocycles. The molecule has 0 unspecified atom stereocenters. The van der Waals surface area contributed by atoms with Gasteiger partial charge in [-0.25, -0.2) is 27.8 Å². The Morgan fingerprint density at radius 2 is 1.90 bits per heavy atom. The first-order valence-corrected chi connectivity index (χ1v) is 9.58. The molecule has 4 aromatic rings. The maximum absolute atomic E-state index is 14.8. The van der Waals surface area contributed by atoms with Gasteiger partial charge in [0.1, 0.15) is 17.8 Å². The van der Waals surface area contributed by atoms with Gasteiger partial charge in [-0.1, -0.05) is 0 Å². The van der Waals surface area contributed by atoms with E-state index in [1.165, 1.54) is 34.4 Å². The summed E-state index contributed by atoms with van der Waals surface area (Å²) in [7, 11) is 0. The molecule has 11 heteroatoms. The van der Waals surface area contributed by atoms with Gasteiger partial charge in [-0.05, 0) is 24.3 Å². The van der Waals surface area contributed by atoms with Crippen LogP contribution in [0, 0.1) is 5.82 Å². The number of likely N-dealkylation sites (tertiary alicyclic amines) is 1. The SMILES string of the molecule is O=C(c1cnc2c(cnn2-c2ccc(-c3ncn[nH]3)cc2F)c1)N1CCC(F)(F)CC1. The summed E-state index contributed by atoms with van der Waals surface area (Å²) in [6, 6.07) is 6.12. The van der Waals surface area contributed by atoms with Crippen LogP contribution in [0.1, 0.15) is 23.2 Å². The highest BCUT2D eigenvalue weighted by Crippen LogP contribution is 2.29. The van der Waals surface area contributed by atoms with Crippen molar-refractivity contribution in [1.29, 1.82) is 0 Å². The molecule has 4 heterocycles. The van der Waals surface area contributed by atoms with E-state index >= 15 is 0 Å². The number of nitrogens with zero attached hydrogens (tertiary/aromatic N) is 6. The minimum atomic E-state index is -2.73. The van der Waals surface area contributed by atoms with Crippen LogP contribution < -0.4 is 0 Å². The third-order valence-corrected chi connectivity index (χ3v) is 5.30. The lowest BCUT2D eigenvalue weighted by atomic mass is 10.1. The summed E-state index contributed by atoms with van der Waals surface area (Å²) < 4.78 is 42.8. The first-order chi connectivity index (χ1) is 14.9. The summed E-state index contributed by atoms with van der Waals surface area (Å²) >= 11 is 0. The molecular formula is C20H16F3N7O. The number of benzene rings is 1. The number of rotatable bonds is 3. The molecule has 1 saturated heterocycles. The van der Waals surface area contributed by atoms with Crippen LogP contribution in [-0.4, -0.2) is 59.8 Å². The largest absolute Gasteiger partial charge is 0.338 e. The number of alkyl halides is 2. The van der Waals surface area contributed by atoms with Crippen molar-refractivity contribution in [3.63, 3.8) is 0 Å². The lowest BCUT2D eigenvalue weighted by molar-refractivity contribution is -0.0494. The average molecular weight is 427 g/mol. The van der Waals surface area contributed by atoms with E-state index in [4.69, 9.17) is 0 Å². The predicted molar refractivity (Wildman–Crippen MR) is 104 cm³/mol. The van der Waals surface area contributed by atoms with Gasteiger partial charge in [0.15, 0.2) is 11.5 Å². The molecule has 158 valence electrons. The summed E-state index contributed by atoms with van der Waals surface area (Å²) in [5, 5.41) is 11.2. The van der Waals surface area contributed by atoms with Crippen molar-refractivity contribution in [1.82, 2.24) is 34.8 Å². The molecule has 8 nitrogen and oxygen atoms in total. The zero-order valence-corrected chi connectivity index (χ0v) is 16.1. The van der Waals surface area contributed by atoms with Crippen molar-refractivity contribution in [3.05, 3.63) is 54.4 Å². The molecule has 0 bridgehead atoms. The summed E-state index contributed by atoms with van der Waals surface area (Å²) in [6.07, 6.45) is 3.47. The summed E-state index contributed by atoms with van der Waals surface area (Å²) in [5.41, 5.74) is 1.36. The standard InChI is InChI=1S/C20H16F3N7O/c21-15-8-12(17-25-11-26-28-17)1-2-16(15)30-18-13(10-27-30)7-14(9-24-18)19(31)29-5-3-20(22,23)4-6-29/h1-2,7-11H,3-6H2,(H,25,26,28). The van der Waals surface area contributed by atoms with Crippen LogP contribution in [0.2, 0.25) is 0 Å². The molecular weight excluding hydrogens is 411 g/mol. The van der Waals surface area contributed by atoms with E-state index in [1.54, 1.807) is 18.2 Å². The van der Waals surface area contributed by atoms with E-state index in [0.717, 1.165) is 0 Å². The zero-order valence-electron chi connectivity index (χ0n) is 16.1. The van der Waals surface area contributed by atoms with Crippen LogP contribution in [0.4, 0.5) is 13.2 Å². The molecule has 0 atom stereocenters. The van der Waals surface area contributed by atoms with Crippen LogP contribution in [0.3, 0.4) is 0 Å². The minimum absolute atomic E-state index is 0.00805. The van der Waals surface area contributed by atoms with Gasteiger partial charge in [0, 0.05) is 43.1 Å². The molecule has 3 aromatic heterocycles. The maximum Gasteiger partial charge on any atom is 0.255 e. The van der Waals surface area contributed by atoms with Crippen LogP contribution in [0.5, 0.6) is 0 Å². The number of pyridine rings is 1. The Bertz CT molecular complexity index is 1260. The molecule has 31 heavy (non-hydrogen) atoms. The lowest BCUT2D eigenvalue weighted by Gasteiger charge is -2.31. The van der Waals surface area contributed by atoms with Gasteiger partial charge < -0.3 is 4.90 Å². The van der Waals surface area contributed by atoms with Gasteiger partial charge in [-0.3, -0.25) is 9.89 Å². The summed E-state index contributed by atoms with van der Waals surface area (Å²) in [4.78, 5) is 22.4. The van der Waals surface area contributed by atoms with Crippen LogP contribution in [0.15, 0.2) is 43.0 Å². The fraction of sp³-hybridized carbons (Fsp3) is 0.250. The van der Waals surface area contributed by atoms with E-state index in [-0.39, 0.29) is 43.1 Å². The number of hydrogen-bond acceptors (Lipinski definition) is 5. The monoisotopic (exact) mass is 427 g/mol. The van der Waals surface area contributed by atoms with E-state index < -0.39 is 11.7 Å². The van der Waals surface area contributed by atoms with Crippen molar-refractivity contribution in [3.8, 4) is 17.1 Å². The highest BCUT2D eigenvalue weighted by atomic mass is 19.3. The van der Waals surface area contributed by atoms with Crippen molar-refractivity contribution >= 4 is 16.9 Å². The number of carbonyl (C=O) groups is 1. The van der Waals surface area contributed by atoms with Crippen molar-refractivity contribution in [2.75, 3.05) is 13.1 Å². The smallest absolute Gasteiger partial charge is 0.255 e. The van der Waals surface area contributed by atoms with Crippen LogP contribution in [-0.2, 0) is 0 Å². The first kappa shape index (κ1) is 19.2. The second kappa shape index (κ2) is 7.18. The van der Waals surface area contributed by atoms with E-state index in [2.05, 4.69) is 25.3 Å². The van der Waals surface area contributed by atoms with E-state index in [1.807, 2.05) is 0 Å². The topological polar surface area (TPSA) is 92.6 Å². The van der Waals surface area contributed by atoms with Crippen molar-refractivity contribution < 1.29 is 18.0 Å². The Morgan fingerprint density at radius 1 is 1.10 bits per heavy atom. The Balaban J connectivity index is 1.43. The third-order valence-electron chi connectivity index (χ3n) is 5.30. The maximum atomic E-state index is 14.8. The number of amides is 1. The molecule has 1 aromatic carbocycles. The Morgan fingerprint density at radius 3 is 2.61 bits per heavy atom. The van der Waals surface area contributed by atoms with Crippen molar-refractivity contribution in [2.45, 2.75) is 18.8 Å². The second-order valence-corrected chi connectivity index (χ2v) is 7.34. The molecule has 1 N–H and O–H groups in total. The van der Waals surface area contributed by atoms with E-state index in [9.17, 15) is 18.0 Å². The van der Waals surface area contributed by atoms with Crippen LogP contribution >= 0.6 is 0 Å². The fourth-order valence-corrected chi connectivity index (χ4v) is 3.60. The van der Waals surface area contributed by atoms with Gasteiger partial charge >= 0.3 is 0 Å². The molecule has 0 spiro atoms. The van der Waals surface area contributed by atoms with Crippen molar-refractivity contribution in [2.24, 2.45) is 0 Å². The number of halogens is 3. The molecule has 5 rings (SSSR count). The lowest BCUT2D eigenvalue weighted by Crippen LogP contribution is -2.42. The highest BCUT2D eigenvalue weighted by Gasteiger charge is 2.35. The minimum Gasteiger partial charge on any atom is -0.338 e. The Labute approximate surface area is 173 Å². The summed E-state index contributed by atoms with van der Waals surface area (Å²) in [6.45, 7) is -0.0161. The number of nitrogens with one attached hydrogen (secondary N) is 1. The predicted octanol–water partition coefficient (Wildman–Crippen LogP) is 3.22. The number of H-pyrrole nitrogens is 1. The normalized spacial score (nSPS) is 16.0. The molecule has 1 aliphatic rings. The number of carbonyl (C=O) groups excluding carboxylic acids is 1. The molecule has 1 fully saturated rings. The van der Waals surface area contributed by atoms with Gasteiger partial charge in [0.25, 0.3) is 11.8 Å². The number of aromatic nitrogens is 6. The molecule has 0 aliphatic carbocycles. The quantitative estimate of drug-likeness (QED) is 0.542. The number of fused-ring (bicyclic) bond motifs is 1. The zero-order chi connectivity index (χ0) is 21.6. The highest BCUT2D eigenvalue weighted by molar-refractivity contribution is 5.97. The Kier molecular flexibility index (Phi) is 4.45. The molecule has 1 amide bonds. The number of hydrogen-bond donors (Lipinski definition) is 1. The third kappa shape index (κ3) is 3.51. The average Bonchev–Trinajstić information content (AvgIpc) is 3.43. The molecule has 1 aliphatic heterocycles. The van der Waals surface area contributed by atoms with Gasteiger partial charge in [0.05, 0.1) is 11.8 Å². The van der Waals surface area contributed by atoms with Crippen LogP contribution in [0.25, 0.3) is 28.1 Å². The molecule has 0 radical (unpaired) electrons. The number of piperidine rings is 1. The van der Waals surface area contributed by atoms with Gasteiger partial charge in [-0.2, -0.15) is 10.2 Å². The number of aromatic amines is 1. The van der Waals surface area contributed by atoms with Gasteiger partial charge in [-0.15, -0.1) is 0 Å².